The Balaban J connectivity index is 1.67. The summed E-state index contributed by atoms with van der Waals surface area (Å²) in [6.07, 6.45) is 1.95. The van der Waals surface area contributed by atoms with Crippen LogP contribution < -0.4 is 10.0 Å². The van der Waals surface area contributed by atoms with Crippen molar-refractivity contribution in [2.75, 3.05) is 18.5 Å². The number of benzene rings is 2. The molecule has 1 aliphatic heterocycles. The van der Waals surface area contributed by atoms with Crippen LogP contribution in [0.1, 0.15) is 28.8 Å². The molecule has 1 saturated heterocycles. The van der Waals surface area contributed by atoms with Gasteiger partial charge in [0.2, 0.25) is 10.0 Å². The zero-order valence-electron chi connectivity index (χ0n) is 15.2. The van der Waals surface area contributed by atoms with Crippen LogP contribution in [0.3, 0.4) is 0 Å². The summed E-state index contributed by atoms with van der Waals surface area (Å²) < 4.78 is 33.0. The SMILES string of the molecule is N#CCc1ccc(NC(=O)c2cccc(S(=O)(=O)NCC3CCCO3)c2)cc1. The lowest BCUT2D eigenvalue weighted by atomic mass is 10.1. The second-order valence-electron chi connectivity index (χ2n) is 6.50. The molecule has 0 bridgehead atoms. The van der Waals surface area contributed by atoms with Gasteiger partial charge in [0.05, 0.1) is 23.5 Å². The maximum absolute atomic E-state index is 12.5. The first kappa shape index (κ1) is 20.0. The van der Waals surface area contributed by atoms with Crippen LogP contribution in [0.4, 0.5) is 5.69 Å². The zero-order valence-corrected chi connectivity index (χ0v) is 16.0. The Hall–Kier alpha value is -2.73. The number of nitriles is 1. The monoisotopic (exact) mass is 399 g/mol. The quantitative estimate of drug-likeness (QED) is 0.743. The molecule has 0 aromatic heterocycles. The molecule has 8 heteroatoms. The number of carbonyl (C=O) groups excluding carboxylic acids is 1. The molecule has 0 saturated carbocycles. The highest BCUT2D eigenvalue weighted by molar-refractivity contribution is 7.89. The van der Waals surface area contributed by atoms with Crippen LogP contribution >= 0.6 is 0 Å². The molecule has 1 fully saturated rings. The predicted octanol–water partition coefficient (Wildman–Crippen LogP) is 2.46. The van der Waals surface area contributed by atoms with E-state index in [1.165, 1.54) is 18.2 Å². The maximum atomic E-state index is 12.5. The average molecular weight is 399 g/mol. The Morgan fingerprint density at radius 1 is 1.21 bits per heavy atom. The summed E-state index contributed by atoms with van der Waals surface area (Å²) in [4.78, 5) is 12.5. The van der Waals surface area contributed by atoms with Crippen LogP contribution in [0.2, 0.25) is 0 Å². The third-order valence-corrected chi connectivity index (χ3v) is 5.85. The Morgan fingerprint density at radius 3 is 2.68 bits per heavy atom. The Morgan fingerprint density at radius 2 is 2.00 bits per heavy atom. The summed E-state index contributed by atoms with van der Waals surface area (Å²) in [6.45, 7) is 0.868. The largest absolute Gasteiger partial charge is 0.377 e. The molecule has 0 spiro atoms. The molecule has 3 rings (SSSR count). The predicted molar refractivity (Wildman–Crippen MR) is 104 cm³/mol. The van der Waals surface area contributed by atoms with Gasteiger partial charge >= 0.3 is 0 Å². The number of nitrogens with zero attached hydrogens (tertiary/aromatic N) is 1. The molecule has 1 unspecified atom stereocenters. The first-order valence-electron chi connectivity index (χ1n) is 8.96. The molecule has 1 aliphatic rings. The summed E-state index contributed by atoms with van der Waals surface area (Å²) in [6, 6.07) is 14.9. The second-order valence-corrected chi connectivity index (χ2v) is 8.27. The lowest BCUT2D eigenvalue weighted by molar-refractivity contribution is 0.102. The van der Waals surface area contributed by atoms with Crippen molar-refractivity contribution in [3.05, 3.63) is 59.7 Å². The Kier molecular flexibility index (Phi) is 6.41. The minimum Gasteiger partial charge on any atom is -0.377 e. The molecule has 1 heterocycles. The van der Waals surface area contributed by atoms with E-state index in [9.17, 15) is 13.2 Å². The van der Waals surface area contributed by atoms with E-state index >= 15 is 0 Å². The number of amides is 1. The van der Waals surface area contributed by atoms with Crippen LogP contribution in [0.15, 0.2) is 53.4 Å². The first-order valence-corrected chi connectivity index (χ1v) is 10.4. The minimum atomic E-state index is -3.73. The van der Waals surface area contributed by atoms with Crippen molar-refractivity contribution in [1.29, 1.82) is 5.26 Å². The summed E-state index contributed by atoms with van der Waals surface area (Å²) in [5, 5.41) is 11.4. The van der Waals surface area contributed by atoms with E-state index in [1.54, 1.807) is 30.3 Å². The topological polar surface area (TPSA) is 108 Å². The fourth-order valence-electron chi connectivity index (χ4n) is 2.90. The van der Waals surface area contributed by atoms with Gasteiger partial charge < -0.3 is 10.1 Å². The van der Waals surface area contributed by atoms with Crippen LogP contribution in [0, 0.1) is 11.3 Å². The third-order valence-electron chi connectivity index (χ3n) is 4.43. The number of hydrogen-bond acceptors (Lipinski definition) is 5. The number of hydrogen-bond donors (Lipinski definition) is 2. The van der Waals surface area contributed by atoms with Crippen molar-refractivity contribution in [2.45, 2.75) is 30.3 Å². The second kappa shape index (κ2) is 8.97. The number of anilines is 1. The average Bonchev–Trinajstić information content (AvgIpc) is 3.22. The molecule has 0 radical (unpaired) electrons. The van der Waals surface area contributed by atoms with Crippen molar-refractivity contribution < 1.29 is 17.9 Å². The highest BCUT2D eigenvalue weighted by Gasteiger charge is 2.21. The van der Waals surface area contributed by atoms with Crippen molar-refractivity contribution in [3.8, 4) is 6.07 Å². The summed E-state index contributed by atoms with van der Waals surface area (Å²) in [7, 11) is -3.73. The summed E-state index contributed by atoms with van der Waals surface area (Å²) in [5.41, 5.74) is 1.66. The minimum absolute atomic E-state index is 0.0301. The molecule has 2 N–H and O–H groups in total. The van der Waals surface area contributed by atoms with Crippen molar-refractivity contribution in [3.63, 3.8) is 0 Å². The van der Waals surface area contributed by atoms with Crippen molar-refractivity contribution >= 4 is 21.6 Å². The third kappa shape index (κ3) is 5.16. The number of ether oxygens (including phenoxy) is 1. The van der Waals surface area contributed by atoms with Gasteiger partial charge in [-0.1, -0.05) is 18.2 Å². The van der Waals surface area contributed by atoms with Gasteiger partial charge in [-0.3, -0.25) is 4.79 Å². The molecule has 146 valence electrons. The van der Waals surface area contributed by atoms with Gasteiger partial charge in [0.25, 0.3) is 5.91 Å². The van der Waals surface area contributed by atoms with Crippen LogP contribution in [0.25, 0.3) is 0 Å². The Bertz CT molecular complexity index is 975. The van der Waals surface area contributed by atoms with E-state index in [0.717, 1.165) is 18.4 Å². The first-order chi connectivity index (χ1) is 13.5. The number of rotatable bonds is 7. The van der Waals surface area contributed by atoms with Gasteiger partial charge in [-0.15, -0.1) is 0 Å². The molecule has 1 amide bonds. The number of carbonyl (C=O) groups is 1. The molecular weight excluding hydrogens is 378 g/mol. The molecule has 2 aromatic carbocycles. The van der Waals surface area contributed by atoms with E-state index < -0.39 is 15.9 Å². The standard InChI is InChI=1S/C20H21N3O4S/c21-11-10-15-6-8-17(9-7-15)23-20(24)16-3-1-5-19(13-16)28(25,26)22-14-18-4-2-12-27-18/h1,3,5-9,13,18,22H,2,4,10,12,14H2,(H,23,24). The van der Waals surface area contributed by atoms with Gasteiger partial charge in [0.15, 0.2) is 0 Å². The van der Waals surface area contributed by atoms with E-state index in [1.807, 2.05) is 0 Å². The van der Waals surface area contributed by atoms with E-state index in [-0.39, 0.29) is 23.1 Å². The van der Waals surface area contributed by atoms with E-state index in [4.69, 9.17) is 10.00 Å². The van der Waals surface area contributed by atoms with Crippen molar-refractivity contribution in [2.24, 2.45) is 0 Å². The molecule has 1 atom stereocenters. The highest BCUT2D eigenvalue weighted by atomic mass is 32.2. The fourth-order valence-corrected chi connectivity index (χ4v) is 4.01. The lowest BCUT2D eigenvalue weighted by Crippen LogP contribution is -2.32. The summed E-state index contributed by atoms with van der Waals surface area (Å²) in [5.74, 6) is -0.413. The zero-order chi connectivity index (χ0) is 20.0. The normalized spacial score (nSPS) is 16.5. The van der Waals surface area contributed by atoms with Gasteiger partial charge in [0.1, 0.15) is 0 Å². The van der Waals surface area contributed by atoms with Crippen LogP contribution in [-0.4, -0.2) is 33.6 Å². The number of sulfonamides is 1. The Labute approximate surface area is 164 Å². The molecule has 28 heavy (non-hydrogen) atoms. The van der Waals surface area contributed by atoms with Gasteiger partial charge in [0, 0.05) is 24.4 Å². The van der Waals surface area contributed by atoms with Gasteiger partial charge in [-0.2, -0.15) is 5.26 Å². The lowest BCUT2D eigenvalue weighted by Gasteiger charge is -2.12. The summed E-state index contributed by atoms with van der Waals surface area (Å²) >= 11 is 0. The van der Waals surface area contributed by atoms with Gasteiger partial charge in [-0.05, 0) is 48.7 Å². The van der Waals surface area contributed by atoms with Crippen LogP contribution in [-0.2, 0) is 21.2 Å². The van der Waals surface area contributed by atoms with Gasteiger partial charge in [-0.25, -0.2) is 13.1 Å². The maximum Gasteiger partial charge on any atom is 0.255 e. The van der Waals surface area contributed by atoms with Crippen LogP contribution in [0.5, 0.6) is 0 Å². The van der Waals surface area contributed by atoms with E-state index in [2.05, 4.69) is 16.1 Å². The molecule has 7 nitrogen and oxygen atoms in total. The highest BCUT2D eigenvalue weighted by Crippen LogP contribution is 2.16. The molecule has 2 aromatic rings. The van der Waals surface area contributed by atoms with Crippen molar-refractivity contribution in [1.82, 2.24) is 4.72 Å². The molecular formula is C20H21N3O4S. The van der Waals surface area contributed by atoms with E-state index in [0.29, 0.717) is 18.7 Å². The number of nitrogens with one attached hydrogen (secondary N) is 2. The smallest absolute Gasteiger partial charge is 0.255 e. The molecule has 0 aliphatic carbocycles. The fraction of sp³-hybridized carbons (Fsp3) is 0.300.